The first-order chi connectivity index (χ1) is 14.8. The largest absolute Gasteiger partial charge is 0.451 e. The van der Waals surface area contributed by atoms with Crippen LogP contribution in [0.25, 0.3) is 5.69 Å². The molecule has 0 bridgehead atoms. The van der Waals surface area contributed by atoms with Gasteiger partial charge in [0, 0.05) is 11.9 Å². The van der Waals surface area contributed by atoms with E-state index in [0.29, 0.717) is 22.4 Å². The molecule has 0 fully saturated rings. The Bertz CT molecular complexity index is 1040. The summed E-state index contributed by atoms with van der Waals surface area (Å²) < 4.78 is 6.89. The van der Waals surface area contributed by atoms with E-state index >= 15 is 0 Å². The smallest absolute Gasteiger partial charge is 0.358 e. The molecule has 0 aliphatic carbocycles. The lowest BCUT2D eigenvalue weighted by Gasteiger charge is -2.07. The number of nitrogens with zero attached hydrogens (tertiary/aromatic N) is 3. The monoisotopic (exact) mass is 441 g/mol. The summed E-state index contributed by atoms with van der Waals surface area (Å²) in [5, 5.41) is 12.8. The molecule has 0 aliphatic rings. The molecule has 9 heteroatoms. The lowest BCUT2D eigenvalue weighted by molar-refractivity contribution is -0.119. The lowest BCUT2D eigenvalue weighted by Crippen LogP contribution is -2.21. The molecule has 0 aliphatic heterocycles. The van der Waals surface area contributed by atoms with E-state index in [1.54, 1.807) is 10.1 Å². The molecule has 0 atom stereocenters. The molecule has 1 aromatic carbocycles. The SMILES string of the molecule is Cc1nn(-c2ccccc2)c(C)c1NC(=O)COC(=O)c1csc(NCCC(C)C)n1. The van der Waals surface area contributed by atoms with Crippen LogP contribution in [-0.4, -0.2) is 39.8 Å². The van der Waals surface area contributed by atoms with Crippen molar-refractivity contribution >= 4 is 34.0 Å². The van der Waals surface area contributed by atoms with Crippen molar-refractivity contribution in [2.45, 2.75) is 34.1 Å². The van der Waals surface area contributed by atoms with Gasteiger partial charge in [-0.3, -0.25) is 4.79 Å². The number of benzene rings is 1. The third-order valence-electron chi connectivity index (χ3n) is 4.60. The van der Waals surface area contributed by atoms with Gasteiger partial charge in [0.1, 0.15) is 0 Å². The third kappa shape index (κ3) is 5.91. The molecule has 1 amide bonds. The minimum atomic E-state index is -0.628. The molecule has 0 radical (unpaired) electrons. The number of thiazole rings is 1. The van der Waals surface area contributed by atoms with Crippen LogP contribution >= 0.6 is 11.3 Å². The van der Waals surface area contributed by atoms with Crippen molar-refractivity contribution in [3.63, 3.8) is 0 Å². The number of rotatable bonds is 9. The predicted molar refractivity (Wildman–Crippen MR) is 122 cm³/mol. The van der Waals surface area contributed by atoms with E-state index in [1.807, 2.05) is 44.2 Å². The Hall–Kier alpha value is -3.20. The maximum Gasteiger partial charge on any atom is 0.358 e. The minimum Gasteiger partial charge on any atom is -0.451 e. The average molecular weight is 442 g/mol. The molecule has 0 saturated carbocycles. The zero-order valence-corrected chi connectivity index (χ0v) is 19.0. The second-order valence-electron chi connectivity index (χ2n) is 7.56. The first-order valence-electron chi connectivity index (χ1n) is 10.1. The number of carbonyl (C=O) groups excluding carboxylic acids is 2. The van der Waals surface area contributed by atoms with E-state index in [1.165, 1.54) is 11.3 Å². The third-order valence-corrected chi connectivity index (χ3v) is 5.40. The Morgan fingerprint density at radius 1 is 1.19 bits per heavy atom. The fraction of sp³-hybridized carbons (Fsp3) is 0.364. The first-order valence-corrected chi connectivity index (χ1v) is 11.0. The normalized spacial score (nSPS) is 10.9. The highest BCUT2D eigenvalue weighted by molar-refractivity contribution is 7.13. The minimum absolute atomic E-state index is 0.189. The van der Waals surface area contributed by atoms with Crippen molar-refractivity contribution in [1.82, 2.24) is 14.8 Å². The number of para-hydroxylation sites is 1. The maximum absolute atomic E-state index is 12.4. The van der Waals surface area contributed by atoms with Gasteiger partial charge in [-0.05, 0) is 38.3 Å². The maximum atomic E-state index is 12.4. The Morgan fingerprint density at radius 3 is 2.65 bits per heavy atom. The molecule has 164 valence electrons. The van der Waals surface area contributed by atoms with Crippen LogP contribution in [0.15, 0.2) is 35.7 Å². The fourth-order valence-electron chi connectivity index (χ4n) is 2.94. The summed E-state index contributed by atoms with van der Waals surface area (Å²) in [6.07, 6.45) is 1.01. The first kappa shape index (κ1) is 22.5. The van der Waals surface area contributed by atoms with Crippen molar-refractivity contribution in [1.29, 1.82) is 0 Å². The van der Waals surface area contributed by atoms with Crippen LogP contribution < -0.4 is 10.6 Å². The Balaban J connectivity index is 1.54. The number of anilines is 2. The van der Waals surface area contributed by atoms with Crippen LogP contribution in [0.3, 0.4) is 0 Å². The molecule has 0 saturated heterocycles. The summed E-state index contributed by atoms with van der Waals surface area (Å²) in [5.41, 5.74) is 3.17. The van der Waals surface area contributed by atoms with Gasteiger partial charge in [-0.25, -0.2) is 14.5 Å². The van der Waals surface area contributed by atoms with E-state index in [9.17, 15) is 9.59 Å². The molecule has 0 unspecified atom stereocenters. The van der Waals surface area contributed by atoms with Crippen molar-refractivity contribution in [3.05, 3.63) is 52.8 Å². The molecule has 2 heterocycles. The fourth-order valence-corrected chi connectivity index (χ4v) is 3.65. The van der Waals surface area contributed by atoms with Crippen molar-refractivity contribution < 1.29 is 14.3 Å². The summed E-state index contributed by atoms with van der Waals surface area (Å²) >= 11 is 1.34. The van der Waals surface area contributed by atoms with Crippen LogP contribution in [0.2, 0.25) is 0 Å². The molecule has 3 rings (SSSR count). The van der Waals surface area contributed by atoms with Gasteiger partial charge < -0.3 is 15.4 Å². The number of esters is 1. The van der Waals surface area contributed by atoms with Crippen molar-refractivity contribution in [3.8, 4) is 5.69 Å². The highest BCUT2D eigenvalue weighted by Crippen LogP contribution is 2.23. The van der Waals surface area contributed by atoms with Gasteiger partial charge in [0.2, 0.25) is 0 Å². The van der Waals surface area contributed by atoms with Gasteiger partial charge in [0.05, 0.1) is 22.8 Å². The second kappa shape index (κ2) is 10.2. The van der Waals surface area contributed by atoms with E-state index in [2.05, 4.69) is 34.6 Å². The molecule has 0 spiro atoms. The summed E-state index contributed by atoms with van der Waals surface area (Å²) in [7, 11) is 0. The number of nitrogens with one attached hydrogen (secondary N) is 2. The Labute approximate surface area is 185 Å². The van der Waals surface area contributed by atoms with Crippen LogP contribution in [0.4, 0.5) is 10.8 Å². The number of amides is 1. The van der Waals surface area contributed by atoms with E-state index in [4.69, 9.17) is 4.74 Å². The second-order valence-corrected chi connectivity index (χ2v) is 8.42. The average Bonchev–Trinajstić information content (AvgIpc) is 3.32. The van der Waals surface area contributed by atoms with Crippen LogP contribution in [0, 0.1) is 19.8 Å². The molecule has 2 N–H and O–H groups in total. The summed E-state index contributed by atoms with van der Waals surface area (Å²) in [6.45, 7) is 8.37. The molecule has 8 nitrogen and oxygen atoms in total. The quantitative estimate of drug-likeness (QED) is 0.483. The lowest BCUT2D eigenvalue weighted by atomic mass is 10.1. The van der Waals surface area contributed by atoms with Gasteiger partial charge in [0.25, 0.3) is 5.91 Å². The molecule has 31 heavy (non-hydrogen) atoms. The Morgan fingerprint density at radius 2 is 1.94 bits per heavy atom. The summed E-state index contributed by atoms with van der Waals surface area (Å²) in [5.74, 6) is -0.475. The number of aryl methyl sites for hydroxylation is 1. The topological polar surface area (TPSA) is 98.1 Å². The summed E-state index contributed by atoms with van der Waals surface area (Å²) in [6, 6.07) is 9.65. The zero-order chi connectivity index (χ0) is 22.4. The van der Waals surface area contributed by atoms with Crippen LogP contribution in [0.5, 0.6) is 0 Å². The number of carbonyl (C=O) groups is 2. The number of ether oxygens (including phenoxy) is 1. The molecule has 2 aromatic heterocycles. The van der Waals surface area contributed by atoms with Gasteiger partial charge >= 0.3 is 5.97 Å². The zero-order valence-electron chi connectivity index (χ0n) is 18.1. The van der Waals surface area contributed by atoms with Crippen LogP contribution in [0.1, 0.15) is 42.1 Å². The van der Waals surface area contributed by atoms with Gasteiger partial charge in [-0.2, -0.15) is 5.10 Å². The molecular weight excluding hydrogens is 414 g/mol. The van der Waals surface area contributed by atoms with Gasteiger partial charge in [0.15, 0.2) is 17.4 Å². The van der Waals surface area contributed by atoms with Crippen LogP contribution in [-0.2, 0) is 9.53 Å². The number of hydrogen-bond donors (Lipinski definition) is 2. The Kier molecular flexibility index (Phi) is 7.41. The number of hydrogen-bond acceptors (Lipinski definition) is 7. The van der Waals surface area contributed by atoms with Crippen molar-refractivity contribution in [2.24, 2.45) is 5.92 Å². The highest BCUT2D eigenvalue weighted by atomic mass is 32.1. The molecular formula is C22H27N5O3S. The van der Waals surface area contributed by atoms with E-state index in [-0.39, 0.29) is 5.69 Å². The predicted octanol–water partition coefficient (Wildman–Crippen LogP) is 4.20. The summed E-state index contributed by atoms with van der Waals surface area (Å²) in [4.78, 5) is 28.8. The highest BCUT2D eigenvalue weighted by Gasteiger charge is 2.18. The van der Waals surface area contributed by atoms with E-state index < -0.39 is 18.5 Å². The van der Waals surface area contributed by atoms with Gasteiger partial charge in [-0.1, -0.05) is 32.0 Å². The standard InChI is InChI=1S/C22H27N5O3S/c1-14(2)10-11-23-22-24-18(13-31-22)21(29)30-12-19(28)25-20-15(3)26-27(16(20)4)17-8-6-5-7-9-17/h5-9,13-14H,10-12H2,1-4H3,(H,23,24)(H,25,28). The van der Waals surface area contributed by atoms with E-state index in [0.717, 1.165) is 24.3 Å². The number of aromatic nitrogens is 3. The molecule has 3 aromatic rings. The van der Waals surface area contributed by atoms with Crippen molar-refractivity contribution in [2.75, 3.05) is 23.8 Å². The van der Waals surface area contributed by atoms with Gasteiger partial charge in [-0.15, -0.1) is 11.3 Å².